The van der Waals surface area contributed by atoms with Gasteiger partial charge in [-0.05, 0) is 31.0 Å². The van der Waals surface area contributed by atoms with E-state index in [-0.39, 0.29) is 47.9 Å². The second-order valence-electron chi connectivity index (χ2n) is 9.58. The Hall–Kier alpha value is -3.00. The zero-order valence-electron chi connectivity index (χ0n) is 21.4. The fourth-order valence-electron chi connectivity index (χ4n) is 3.84. The number of aliphatic hydroxyl groups excluding tert-OH is 1. The highest BCUT2D eigenvalue weighted by Gasteiger charge is 2.38. The van der Waals surface area contributed by atoms with E-state index in [1.807, 2.05) is 6.92 Å². The van der Waals surface area contributed by atoms with Crippen LogP contribution in [-0.2, 0) is 10.0 Å². The van der Waals surface area contributed by atoms with Crippen LogP contribution >= 0.6 is 0 Å². The largest absolute Gasteiger partial charge is 0.487 e. The summed E-state index contributed by atoms with van der Waals surface area (Å²) in [6, 6.07) is 4.17. The Kier molecular flexibility index (Phi) is 9.06. The minimum Gasteiger partial charge on any atom is -0.487 e. The van der Waals surface area contributed by atoms with Crippen molar-refractivity contribution in [3.63, 3.8) is 0 Å². The van der Waals surface area contributed by atoms with Gasteiger partial charge >= 0.3 is 0 Å². The number of carbonyl (C=O) groups is 1. The molecule has 0 radical (unpaired) electrons. The molecule has 0 bridgehead atoms. The van der Waals surface area contributed by atoms with E-state index in [4.69, 9.17) is 4.74 Å². The third-order valence-corrected chi connectivity index (χ3v) is 8.01. The molecule has 0 unspecified atom stereocenters. The quantitative estimate of drug-likeness (QED) is 0.589. The highest BCUT2D eigenvalue weighted by molar-refractivity contribution is 7.89. The van der Waals surface area contributed by atoms with Crippen molar-refractivity contribution in [2.24, 2.45) is 11.8 Å². The number of aromatic nitrogens is 2. The predicted octanol–water partition coefficient (Wildman–Crippen LogP) is 2.42. The van der Waals surface area contributed by atoms with Gasteiger partial charge in [0.15, 0.2) is 0 Å². The van der Waals surface area contributed by atoms with Gasteiger partial charge in [-0.3, -0.25) is 9.78 Å². The van der Waals surface area contributed by atoms with Crippen molar-refractivity contribution in [3.05, 3.63) is 48.0 Å². The molecule has 0 aliphatic carbocycles. The monoisotopic (exact) mass is 514 g/mol. The standard InChI is InChI=1S/C26H34N4O5S/c1-18(2)7-6-8-21-9-10-25-23(13-21)35-24(16-29(5)26(32)22-14-27-11-12-28-22)19(3)15-30(20(4)17-31)36(25,33)34/h9-14,18-20,24,31H,7,15-17H2,1-5H3/t19-,20+,24-/m1/s1. The number of amides is 1. The van der Waals surface area contributed by atoms with Crippen molar-refractivity contribution in [2.45, 2.75) is 51.2 Å². The number of ether oxygens (including phenoxy) is 1. The van der Waals surface area contributed by atoms with Crippen LogP contribution < -0.4 is 4.74 Å². The molecule has 2 aromatic rings. The van der Waals surface area contributed by atoms with Gasteiger partial charge < -0.3 is 14.7 Å². The van der Waals surface area contributed by atoms with Gasteiger partial charge in [0.1, 0.15) is 22.4 Å². The first-order valence-corrected chi connectivity index (χ1v) is 13.4. The summed E-state index contributed by atoms with van der Waals surface area (Å²) in [6.45, 7) is 7.68. The van der Waals surface area contributed by atoms with E-state index < -0.39 is 22.2 Å². The van der Waals surface area contributed by atoms with Gasteiger partial charge in [0.25, 0.3) is 5.91 Å². The molecule has 1 amide bonds. The Morgan fingerprint density at radius 3 is 2.69 bits per heavy atom. The van der Waals surface area contributed by atoms with Crippen molar-refractivity contribution >= 4 is 15.9 Å². The number of carbonyl (C=O) groups excluding carboxylic acids is 1. The van der Waals surface area contributed by atoms with E-state index in [0.717, 1.165) is 0 Å². The summed E-state index contributed by atoms with van der Waals surface area (Å²) in [7, 11) is -2.30. The van der Waals surface area contributed by atoms with Gasteiger partial charge in [-0.1, -0.05) is 32.6 Å². The Labute approximate surface area is 213 Å². The molecule has 0 saturated carbocycles. The average molecular weight is 515 g/mol. The predicted molar refractivity (Wildman–Crippen MR) is 136 cm³/mol. The SMILES string of the molecule is CC(C)CC#Cc1ccc2c(c1)O[C@H](CN(C)C(=O)c1cnccn1)[C@H](C)CN([C@@H](C)CO)S2(=O)=O. The molecule has 10 heteroatoms. The number of rotatable bonds is 6. The van der Waals surface area contributed by atoms with Crippen LogP contribution in [0, 0.1) is 23.7 Å². The van der Waals surface area contributed by atoms with Gasteiger partial charge in [0, 0.05) is 49.9 Å². The molecule has 0 saturated heterocycles. The second kappa shape index (κ2) is 11.8. The molecular weight excluding hydrogens is 480 g/mol. The summed E-state index contributed by atoms with van der Waals surface area (Å²) in [5.74, 6) is 6.18. The number of benzene rings is 1. The molecule has 3 atom stereocenters. The Morgan fingerprint density at radius 1 is 1.31 bits per heavy atom. The van der Waals surface area contributed by atoms with Crippen LogP contribution in [0.1, 0.15) is 50.2 Å². The van der Waals surface area contributed by atoms with E-state index in [0.29, 0.717) is 17.9 Å². The van der Waals surface area contributed by atoms with Crippen molar-refractivity contribution in [3.8, 4) is 17.6 Å². The summed E-state index contributed by atoms with van der Waals surface area (Å²) in [5, 5.41) is 9.79. The molecule has 1 aliphatic rings. The van der Waals surface area contributed by atoms with Crippen LogP contribution in [0.5, 0.6) is 5.75 Å². The van der Waals surface area contributed by atoms with Gasteiger partial charge in [0.2, 0.25) is 10.0 Å². The molecule has 1 aromatic heterocycles. The summed E-state index contributed by atoms with van der Waals surface area (Å²) in [4.78, 5) is 22.4. The number of likely N-dealkylation sites (N-methyl/N-ethyl adjacent to an activating group) is 1. The second-order valence-corrected chi connectivity index (χ2v) is 11.4. The fraction of sp³-hybridized carbons (Fsp3) is 0.500. The summed E-state index contributed by atoms with van der Waals surface area (Å²) in [5.41, 5.74) is 0.849. The fourth-order valence-corrected chi connectivity index (χ4v) is 5.66. The normalized spacial score (nSPS) is 20.2. The highest BCUT2D eigenvalue weighted by atomic mass is 32.2. The topological polar surface area (TPSA) is 113 Å². The number of fused-ring (bicyclic) bond motifs is 1. The lowest BCUT2D eigenvalue weighted by atomic mass is 10.0. The number of aliphatic hydroxyl groups is 1. The van der Waals surface area contributed by atoms with Gasteiger partial charge in [-0.2, -0.15) is 4.31 Å². The van der Waals surface area contributed by atoms with E-state index >= 15 is 0 Å². The zero-order chi connectivity index (χ0) is 26.5. The first-order chi connectivity index (χ1) is 17.0. The lowest BCUT2D eigenvalue weighted by Gasteiger charge is -2.37. The molecule has 9 nitrogen and oxygen atoms in total. The Morgan fingerprint density at radius 2 is 2.06 bits per heavy atom. The van der Waals surface area contributed by atoms with Crippen LogP contribution in [0.3, 0.4) is 0 Å². The van der Waals surface area contributed by atoms with Gasteiger partial charge in [-0.25, -0.2) is 13.4 Å². The maximum atomic E-state index is 13.6. The summed E-state index contributed by atoms with van der Waals surface area (Å²) in [6.07, 6.45) is 4.53. The van der Waals surface area contributed by atoms with E-state index in [1.54, 1.807) is 26.1 Å². The zero-order valence-corrected chi connectivity index (χ0v) is 22.2. The number of sulfonamides is 1. The minimum absolute atomic E-state index is 0.0111. The highest BCUT2D eigenvalue weighted by Crippen LogP contribution is 2.34. The summed E-state index contributed by atoms with van der Waals surface area (Å²) < 4.78 is 34.8. The van der Waals surface area contributed by atoms with Crippen molar-refractivity contribution in [1.29, 1.82) is 0 Å². The maximum Gasteiger partial charge on any atom is 0.273 e. The molecule has 36 heavy (non-hydrogen) atoms. The number of hydrogen-bond donors (Lipinski definition) is 1. The van der Waals surface area contributed by atoms with Crippen LogP contribution in [-0.4, -0.2) is 77.5 Å². The third kappa shape index (κ3) is 6.40. The average Bonchev–Trinajstić information content (AvgIpc) is 2.85. The Balaban J connectivity index is 2.00. The van der Waals surface area contributed by atoms with Crippen molar-refractivity contribution < 1.29 is 23.1 Å². The first kappa shape index (κ1) is 27.6. The van der Waals surface area contributed by atoms with E-state index in [2.05, 4.69) is 35.7 Å². The van der Waals surface area contributed by atoms with Crippen molar-refractivity contribution in [1.82, 2.24) is 19.2 Å². The maximum absolute atomic E-state index is 13.6. The third-order valence-electron chi connectivity index (χ3n) is 5.99. The molecule has 194 valence electrons. The molecule has 0 fully saturated rings. The van der Waals surface area contributed by atoms with Gasteiger partial charge in [0.05, 0.1) is 19.3 Å². The molecule has 2 heterocycles. The number of nitrogens with zero attached hydrogens (tertiary/aromatic N) is 4. The molecule has 1 aliphatic heterocycles. The molecule has 3 rings (SSSR count). The summed E-state index contributed by atoms with van der Waals surface area (Å²) >= 11 is 0. The molecular formula is C26H34N4O5S. The minimum atomic E-state index is -3.95. The van der Waals surface area contributed by atoms with Crippen molar-refractivity contribution in [2.75, 3.05) is 26.7 Å². The Bertz CT molecular complexity index is 1220. The van der Waals surface area contributed by atoms with Gasteiger partial charge in [-0.15, -0.1) is 0 Å². The van der Waals surface area contributed by atoms with E-state index in [9.17, 15) is 18.3 Å². The molecule has 1 aromatic carbocycles. The van der Waals surface area contributed by atoms with E-state index in [1.165, 1.54) is 33.9 Å². The lowest BCUT2D eigenvalue weighted by molar-refractivity contribution is 0.0559. The van der Waals surface area contributed by atoms with Crippen LogP contribution in [0.2, 0.25) is 0 Å². The van der Waals surface area contributed by atoms with Crippen LogP contribution in [0.25, 0.3) is 0 Å². The first-order valence-electron chi connectivity index (χ1n) is 12.0. The lowest BCUT2D eigenvalue weighted by Crippen LogP contribution is -2.50. The molecule has 0 spiro atoms. The number of hydrogen-bond acceptors (Lipinski definition) is 7. The smallest absolute Gasteiger partial charge is 0.273 e. The molecule has 1 N–H and O–H groups in total. The van der Waals surface area contributed by atoms with Crippen LogP contribution in [0.15, 0.2) is 41.7 Å². The van der Waals surface area contributed by atoms with Crippen LogP contribution in [0.4, 0.5) is 0 Å².